The van der Waals surface area contributed by atoms with Crippen LogP contribution in [0.1, 0.15) is 18.1 Å². The summed E-state index contributed by atoms with van der Waals surface area (Å²) in [7, 11) is 0. The van der Waals surface area contributed by atoms with E-state index in [-0.39, 0.29) is 11.7 Å². The van der Waals surface area contributed by atoms with E-state index in [1.807, 2.05) is 24.3 Å². The smallest absolute Gasteiger partial charge is 0.234 e. The molecule has 1 aliphatic rings. The Morgan fingerprint density at radius 3 is 2.44 bits per heavy atom. The molecular weight excluding hydrogens is 442 g/mol. The van der Waals surface area contributed by atoms with Crippen LogP contribution in [0.15, 0.2) is 52.9 Å². The molecule has 4 rings (SSSR count). The Bertz CT molecular complexity index is 1000. The number of ether oxygens (including phenoxy) is 1. The summed E-state index contributed by atoms with van der Waals surface area (Å²) in [4.78, 5) is 14.7. The number of aromatic nitrogens is 2. The Labute approximate surface area is 196 Å². The van der Waals surface area contributed by atoms with Crippen LogP contribution >= 0.6 is 23.1 Å². The van der Waals surface area contributed by atoms with Crippen LogP contribution in [0.3, 0.4) is 0 Å². The van der Waals surface area contributed by atoms with Gasteiger partial charge in [0.1, 0.15) is 0 Å². The van der Waals surface area contributed by atoms with Gasteiger partial charge >= 0.3 is 0 Å². The molecule has 0 aliphatic carbocycles. The normalized spacial score (nSPS) is 14.3. The molecule has 3 aromatic rings. The molecule has 1 saturated heterocycles. The zero-order valence-electron chi connectivity index (χ0n) is 18.0. The lowest BCUT2D eigenvalue weighted by atomic mass is 10.1. The Hall–Kier alpha value is -2.46. The Balaban J connectivity index is 1.21. The van der Waals surface area contributed by atoms with Crippen LogP contribution in [0, 0.1) is 0 Å². The van der Waals surface area contributed by atoms with E-state index < -0.39 is 0 Å². The van der Waals surface area contributed by atoms with Gasteiger partial charge in [-0.2, -0.15) is 0 Å². The number of amides is 1. The first kappa shape index (κ1) is 22.7. The summed E-state index contributed by atoms with van der Waals surface area (Å²) in [5.74, 6) is 0.228. The number of aryl methyl sites for hydroxylation is 1. The number of hydrogen-bond donors (Lipinski definition) is 2. The van der Waals surface area contributed by atoms with Gasteiger partial charge in [0.05, 0.1) is 19.0 Å². The summed E-state index contributed by atoms with van der Waals surface area (Å²) in [6.45, 7) is 6.56. The van der Waals surface area contributed by atoms with E-state index in [1.54, 1.807) is 0 Å². The first-order chi connectivity index (χ1) is 15.7. The topological polar surface area (TPSA) is 79.4 Å². The Kier molecular flexibility index (Phi) is 8.11. The number of nitrogens with one attached hydrogen (secondary N) is 2. The van der Waals surface area contributed by atoms with Gasteiger partial charge in [0.15, 0.2) is 4.34 Å². The van der Waals surface area contributed by atoms with Crippen LogP contribution in [-0.4, -0.2) is 53.1 Å². The van der Waals surface area contributed by atoms with Gasteiger partial charge in [0, 0.05) is 31.0 Å². The highest BCUT2D eigenvalue weighted by atomic mass is 32.2. The third kappa shape index (κ3) is 6.77. The molecule has 0 atom stereocenters. The minimum Gasteiger partial charge on any atom is -0.379 e. The minimum atomic E-state index is -0.0595. The predicted molar refractivity (Wildman–Crippen MR) is 131 cm³/mol. The highest BCUT2D eigenvalue weighted by molar-refractivity contribution is 8.01. The zero-order valence-corrected chi connectivity index (χ0v) is 19.7. The van der Waals surface area contributed by atoms with Crippen LogP contribution in [0.25, 0.3) is 0 Å². The summed E-state index contributed by atoms with van der Waals surface area (Å²) in [6.07, 6.45) is 1.01. The lowest BCUT2D eigenvalue weighted by molar-refractivity contribution is -0.113. The molecule has 0 saturated carbocycles. The van der Waals surface area contributed by atoms with Gasteiger partial charge in [-0.1, -0.05) is 54.3 Å². The van der Waals surface area contributed by atoms with Crippen molar-refractivity contribution in [2.75, 3.05) is 42.7 Å². The maximum atomic E-state index is 12.3. The van der Waals surface area contributed by atoms with Crippen LogP contribution < -0.4 is 10.6 Å². The lowest BCUT2D eigenvalue weighted by Gasteiger charge is -2.26. The van der Waals surface area contributed by atoms with Gasteiger partial charge in [0.2, 0.25) is 11.0 Å². The predicted octanol–water partition coefficient (Wildman–Crippen LogP) is 4.41. The fourth-order valence-electron chi connectivity index (χ4n) is 3.30. The van der Waals surface area contributed by atoms with Gasteiger partial charge in [-0.05, 0) is 41.8 Å². The van der Waals surface area contributed by atoms with E-state index in [0.717, 1.165) is 55.0 Å². The van der Waals surface area contributed by atoms with Gasteiger partial charge in [0.25, 0.3) is 0 Å². The fourth-order valence-corrected chi connectivity index (χ4v) is 4.87. The van der Waals surface area contributed by atoms with E-state index in [9.17, 15) is 4.79 Å². The molecule has 1 aliphatic heterocycles. The van der Waals surface area contributed by atoms with Crippen molar-refractivity contribution in [2.24, 2.45) is 0 Å². The van der Waals surface area contributed by atoms with E-state index in [2.05, 4.69) is 56.9 Å². The third-order valence-electron chi connectivity index (χ3n) is 5.09. The van der Waals surface area contributed by atoms with Gasteiger partial charge < -0.3 is 15.4 Å². The number of thioether (sulfide) groups is 1. The number of benzene rings is 2. The van der Waals surface area contributed by atoms with E-state index in [4.69, 9.17) is 4.74 Å². The van der Waals surface area contributed by atoms with Crippen molar-refractivity contribution in [3.05, 3.63) is 59.7 Å². The number of nitrogens with zero attached hydrogens (tertiary/aromatic N) is 3. The Morgan fingerprint density at radius 1 is 1.03 bits per heavy atom. The number of carbonyl (C=O) groups excluding carboxylic acids is 1. The third-order valence-corrected chi connectivity index (χ3v) is 7.07. The summed E-state index contributed by atoms with van der Waals surface area (Å²) in [5, 5.41) is 15.3. The standard InChI is InChI=1S/C23H27N5O2S2/c1-2-17-3-7-20(8-4-17)25-22-26-27-23(32-22)31-16-21(29)24-19-9-5-18(6-10-19)15-28-11-13-30-14-12-28/h3-10H,2,11-16H2,1H3,(H,24,29)(H,25,26). The summed E-state index contributed by atoms with van der Waals surface area (Å²) < 4.78 is 6.15. The first-order valence-electron chi connectivity index (χ1n) is 10.7. The molecule has 168 valence electrons. The monoisotopic (exact) mass is 469 g/mol. The lowest BCUT2D eigenvalue weighted by Crippen LogP contribution is -2.35. The van der Waals surface area contributed by atoms with Crippen molar-refractivity contribution < 1.29 is 9.53 Å². The summed E-state index contributed by atoms with van der Waals surface area (Å²) >= 11 is 2.83. The number of hydrogen-bond acceptors (Lipinski definition) is 8. The minimum absolute atomic E-state index is 0.0595. The van der Waals surface area contributed by atoms with Crippen molar-refractivity contribution in [3.8, 4) is 0 Å². The number of rotatable bonds is 9. The molecule has 0 unspecified atom stereocenters. The largest absolute Gasteiger partial charge is 0.379 e. The van der Waals surface area contributed by atoms with Crippen molar-refractivity contribution in [1.29, 1.82) is 0 Å². The second-order valence-electron chi connectivity index (χ2n) is 7.47. The highest BCUT2D eigenvalue weighted by Crippen LogP contribution is 2.28. The van der Waals surface area contributed by atoms with E-state index >= 15 is 0 Å². The van der Waals surface area contributed by atoms with E-state index in [0.29, 0.717) is 5.13 Å². The molecule has 32 heavy (non-hydrogen) atoms. The molecule has 0 spiro atoms. The van der Waals surface area contributed by atoms with Crippen LogP contribution in [0.2, 0.25) is 0 Å². The molecule has 2 heterocycles. The molecule has 1 fully saturated rings. The van der Waals surface area contributed by atoms with Crippen LogP contribution in [0.4, 0.5) is 16.5 Å². The van der Waals surface area contributed by atoms with Gasteiger partial charge in [-0.3, -0.25) is 9.69 Å². The zero-order chi connectivity index (χ0) is 22.2. The van der Waals surface area contributed by atoms with Crippen molar-refractivity contribution in [2.45, 2.75) is 24.2 Å². The van der Waals surface area contributed by atoms with Crippen molar-refractivity contribution >= 4 is 45.5 Å². The average Bonchev–Trinajstić information content (AvgIpc) is 3.27. The maximum Gasteiger partial charge on any atom is 0.234 e. The molecule has 9 heteroatoms. The number of morpholine rings is 1. The molecule has 1 aromatic heterocycles. The SMILES string of the molecule is CCc1ccc(Nc2nnc(SCC(=O)Nc3ccc(CN4CCOCC4)cc3)s2)cc1. The number of carbonyl (C=O) groups is 1. The maximum absolute atomic E-state index is 12.3. The molecular formula is C23H27N5O2S2. The van der Waals surface area contributed by atoms with Gasteiger partial charge in [-0.25, -0.2) is 0 Å². The quantitative estimate of drug-likeness (QED) is 0.450. The number of anilines is 3. The van der Waals surface area contributed by atoms with Crippen LogP contribution in [-0.2, 0) is 22.5 Å². The second-order valence-corrected chi connectivity index (χ2v) is 9.67. The highest BCUT2D eigenvalue weighted by Gasteiger charge is 2.12. The molecule has 7 nitrogen and oxygen atoms in total. The fraction of sp³-hybridized carbons (Fsp3) is 0.348. The molecule has 0 radical (unpaired) electrons. The van der Waals surface area contributed by atoms with Crippen molar-refractivity contribution in [1.82, 2.24) is 15.1 Å². The van der Waals surface area contributed by atoms with Crippen molar-refractivity contribution in [3.63, 3.8) is 0 Å². The molecule has 1 amide bonds. The second kappa shape index (κ2) is 11.4. The average molecular weight is 470 g/mol. The summed E-state index contributed by atoms with van der Waals surface area (Å²) in [5.41, 5.74) is 4.31. The Morgan fingerprint density at radius 2 is 1.72 bits per heavy atom. The first-order valence-corrected chi connectivity index (χ1v) is 12.5. The molecule has 2 aromatic carbocycles. The van der Waals surface area contributed by atoms with Gasteiger partial charge in [-0.15, -0.1) is 10.2 Å². The van der Waals surface area contributed by atoms with Crippen LogP contribution in [0.5, 0.6) is 0 Å². The molecule has 2 N–H and O–H groups in total. The summed E-state index contributed by atoms with van der Waals surface area (Å²) in [6, 6.07) is 16.3. The van der Waals surface area contributed by atoms with E-state index in [1.165, 1.54) is 34.2 Å². The molecule has 0 bridgehead atoms.